The summed E-state index contributed by atoms with van der Waals surface area (Å²) in [7, 11) is 0. The molecular weight excluding hydrogens is 338 g/mol. The molecule has 134 valence electrons. The summed E-state index contributed by atoms with van der Waals surface area (Å²) < 4.78 is 7.21. The number of thiazole rings is 1. The monoisotopic (exact) mass is 361 g/mol. The number of aryl methyl sites for hydroxylation is 1. The zero-order valence-electron chi connectivity index (χ0n) is 15.2. The first-order valence-corrected chi connectivity index (χ1v) is 9.04. The number of hydrogen-bond donors (Lipinski definition) is 1. The minimum Gasteiger partial charge on any atom is -0.462 e. The third-order valence-corrected chi connectivity index (χ3v) is 4.75. The summed E-state index contributed by atoms with van der Waals surface area (Å²) >= 11 is 1.37. The molecule has 7 heteroatoms. The average molecular weight is 361 g/mol. The molecule has 0 radical (unpaired) electrons. The lowest BCUT2D eigenvalue weighted by atomic mass is 10.1. The molecule has 0 saturated heterocycles. The van der Waals surface area contributed by atoms with Crippen LogP contribution in [0.2, 0.25) is 0 Å². The Hall–Kier alpha value is -2.41. The SMILES string of the molecule is CCOC(=O)c1c(C=CC(=O)Nc2nc(C)cs2)c(C)n(CC)c1C. The lowest BCUT2D eigenvalue weighted by Gasteiger charge is -2.05. The molecule has 2 heterocycles. The van der Waals surface area contributed by atoms with Crippen molar-refractivity contribution in [3.8, 4) is 0 Å². The molecule has 0 aromatic carbocycles. The number of amides is 1. The topological polar surface area (TPSA) is 73.2 Å². The highest BCUT2D eigenvalue weighted by Crippen LogP contribution is 2.25. The van der Waals surface area contributed by atoms with Gasteiger partial charge in [0.1, 0.15) is 0 Å². The van der Waals surface area contributed by atoms with Crippen LogP contribution in [0, 0.1) is 20.8 Å². The number of rotatable bonds is 6. The second-order valence-electron chi connectivity index (χ2n) is 5.54. The van der Waals surface area contributed by atoms with Crippen LogP contribution in [0.1, 0.15) is 46.9 Å². The van der Waals surface area contributed by atoms with E-state index in [1.54, 1.807) is 13.0 Å². The molecule has 0 fully saturated rings. The van der Waals surface area contributed by atoms with Crippen LogP contribution in [0.25, 0.3) is 6.08 Å². The van der Waals surface area contributed by atoms with E-state index in [0.29, 0.717) is 22.9 Å². The van der Waals surface area contributed by atoms with Crippen molar-refractivity contribution in [3.63, 3.8) is 0 Å². The van der Waals surface area contributed by atoms with E-state index in [2.05, 4.69) is 10.3 Å². The molecule has 0 bridgehead atoms. The second kappa shape index (κ2) is 8.11. The van der Waals surface area contributed by atoms with Crippen molar-refractivity contribution in [1.82, 2.24) is 9.55 Å². The summed E-state index contributed by atoms with van der Waals surface area (Å²) in [5.41, 5.74) is 3.85. The summed E-state index contributed by atoms with van der Waals surface area (Å²) in [4.78, 5) is 28.6. The first-order chi connectivity index (χ1) is 11.9. The van der Waals surface area contributed by atoms with Crippen molar-refractivity contribution >= 4 is 34.4 Å². The Balaban J connectivity index is 2.30. The van der Waals surface area contributed by atoms with Gasteiger partial charge in [-0.1, -0.05) is 0 Å². The molecule has 25 heavy (non-hydrogen) atoms. The quantitative estimate of drug-likeness (QED) is 0.629. The van der Waals surface area contributed by atoms with Crippen molar-refractivity contribution in [3.05, 3.63) is 39.7 Å². The second-order valence-corrected chi connectivity index (χ2v) is 6.40. The molecule has 0 unspecified atom stereocenters. The Labute approximate surface area is 151 Å². The minimum atomic E-state index is -0.370. The number of anilines is 1. The Kier molecular flexibility index (Phi) is 6.14. The lowest BCUT2D eigenvalue weighted by Crippen LogP contribution is -2.09. The molecule has 0 aliphatic rings. The average Bonchev–Trinajstić information content (AvgIpc) is 3.06. The van der Waals surface area contributed by atoms with E-state index in [0.717, 1.165) is 23.6 Å². The third-order valence-electron chi connectivity index (χ3n) is 3.88. The maximum Gasteiger partial charge on any atom is 0.340 e. The van der Waals surface area contributed by atoms with Gasteiger partial charge in [-0.15, -0.1) is 11.3 Å². The van der Waals surface area contributed by atoms with E-state index in [1.807, 2.05) is 37.6 Å². The zero-order valence-corrected chi connectivity index (χ0v) is 16.0. The highest BCUT2D eigenvalue weighted by Gasteiger charge is 2.22. The van der Waals surface area contributed by atoms with E-state index in [1.165, 1.54) is 17.4 Å². The Morgan fingerprint density at radius 2 is 2.00 bits per heavy atom. The van der Waals surface area contributed by atoms with Gasteiger partial charge in [-0.3, -0.25) is 10.1 Å². The van der Waals surface area contributed by atoms with Gasteiger partial charge >= 0.3 is 5.97 Å². The summed E-state index contributed by atoms with van der Waals surface area (Å²) in [5.74, 6) is -0.656. The Morgan fingerprint density at radius 3 is 2.56 bits per heavy atom. The summed E-state index contributed by atoms with van der Waals surface area (Å²) in [5, 5.41) is 5.14. The maximum atomic E-state index is 12.3. The van der Waals surface area contributed by atoms with Gasteiger partial charge in [-0.25, -0.2) is 9.78 Å². The van der Waals surface area contributed by atoms with E-state index in [4.69, 9.17) is 4.74 Å². The fourth-order valence-corrected chi connectivity index (χ4v) is 3.46. The van der Waals surface area contributed by atoms with Crippen LogP contribution in [0.3, 0.4) is 0 Å². The molecule has 2 rings (SSSR count). The summed E-state index contributed by atoms with van der Waals surface area (Å²) in [6, 6.07) is 0. The highest BCUT2D eigenvalue weighted by molar-refractivity contribution is 7.13. The smallest absolute Gasteiger partial charge is 0.340 e. The van der Waals surface area contributed by atoms with Crippen molar-refractivity contribution in [1.29, 1.82) is 0 Å². The number of carbonyl (C=O) groups is 2. The van der Waals surface area contributed by atoms with Crippen molar-refractivity contribution in [2.24, 2.45) is 0 Å². The maximum absolute atomic E-state index is 12.3. The van der Waals surface area contributed by atoms with Crippen LogP contribution >= 0.6 is 11.3 Å². The summed E-state index contributed by atoms with van der Waals surface area (Å²) in [6.07, 6.45) is 3.08. The molecule has 0 aliphatic heterocycles. The van der Waals surface area contributed by atoms with Gasteiger partial charge in [0.05, 0.1) is 17.9 Å². The molecule has 0 aliphatic carbocycles. The Morgan fingerprint density at radius 1 is 1.28 bits per heavy atom. The Bertz CT molecular complexity index is 818. The van der Waals surface area contributed by atoms with Gasteiger partial charge in [0.2, 0.25) is 5.91 Å². The zero-order chi connectivity index (χ0) is 18.6. The number of ether oxygens (including phenoxy) is 1. The van der Waals surface area contributed by atoms with E-state index < -0.39 is 0 Å². The first-order valence-electron chi connectivity index (χ1n) is 8.17. The van der Waals surface area contributed by atoms with Crippen LogP contribution in [-0.4, -0.2) is 28.0 Å². The number of aromatic nitrogens is 2. The molecule has 1 N–H and O–H groups in total. The number of hydrogen-bond acceptors (Lipinski definition) is 5. The molecule has 2 aromatic rings. The van der Waals surface area contributed by atoms with Crippen molar-refractivity contribution < 1.29 is 14.3 Å². The van der Waals surface area contributed by atoms with Gasteiger partial charge in [-0.05, 0) is 40.7 Å². The van der Waals surface area contributed by atoms with Gasteiger partial charge in [-0.2, -0.15) is 0 Å². The van der Waals surface area contributed by atoms with Gasteiger partial charge in [0, 0.05) is 35.0 Å². The molecule has 1 amide bonds. The normalized spacial score (nSPS) is 11.1. The van der Waals surface area contributed by atoms with Crippen LogP contribution in [0.4, 0.5) is 5.13 Å². The first kappa shape index (κ1) is 18.9. The predicted octanol–water partition coefficient (Wildman–Crippen LogP) is 3.72. The molecule has 2 aromatic heterocycles. The van der Waals surface area contributed by atoms with Crippen LogP contribution < -0.4 is 5.32 Å². The number of esters is 1. The van der Waals surface area contributed by atoms with Gasteiger partial charge < -0.3 is 9.30 Å². The molecule has 0 saturated carbocycles. The van der Waals surface area contributed by atoms with Crippen LogP contribution in [-0.2, 0) is 16.1 Å². The summed E-state index contributed by atoms with van der Waals surface area (Å²) in [6.45, 7) is 10.5. The van der Waals surface area contributed by atoms with Crippen molar-refractivity contribution in [2.75, 3.05) is 11.9 Å². The molecule has 6 nitrogen and oxygen atoms in total. The third kappa shape index (κ3) is 4.17. The lowest BCUT2D eigenvalue weighted by molar-refractivity contribution is -0.111. The fourth-order valence-electron chi connectivity index (χ4n) is 2.76. The largest absolute Gasteiger partial charge is 0.462 e. The van der Waals surface area contributed by atoms with Crippen molar-refractivity contribution in [2.45, 2.75) is 41.2 Å². The van der Waals surface area contributed by atoms with Gasteiger partial charge in [0.25, 0.3) is 0 Å². The van der Waals surface area contributed by atoms with Crippen LogP contribution in [0.5, 0.6) is 0 Å². The molecule has 0 atom stereocenters. The molecular formula is C18H23N3O3S. The fraction of sp³-hybridized carbons (Fsp3) is 0.389. The van der Waals surface area contributed by atoms with Gasteiger partial charge in [0.15, 0.2) is 5.13 Å². The van der Waals surface area contributed by atoms with E-state index >= 15 is 0 Å². The minimum absolute atomic E-state index is 0.287. The molecule has 0 spiro atoms. The number of nitrogens with one attached hydrogen (secondary N) is 1. The van der Waals surface area contributed by atoms with Crippen LogP contribution in [0.15, 0.2) is 11.5 Å². The predicted molar refractivity (Wildman–Crippen MR) is 100 cm³/mol. The van der Waals surface area contributed by atoms with E-state index in [9.17, 15) is 9.59 Å². The number of nitrogens with zero attached hydrogens (tertiary/aromatic N) is 2. The standard InChI is InChI=1S/C18H23N3O3S/c1-6-21-12(4)14(16(13(21)5)17(23)24-7-2)8-9-15(22)20-18-19-11(3)10-25-18/h8-10H,6-7H2,1-5H3,(H,19,20,22). The van der Waals surface area contributed by atoms with E-state index in [-0.39, 0.29) is 11.9 Å². The highest BCUT2D eigenvalue weighted by atomic mass is 32.1. The number of carbonyl (C=O) groups excluding carboxylic acids is 2.